The van der Waals surface area contributed by atoms with E-state index in [4.69, 9.17) is 9.90 Å². The number of unbranched alkanes of at least 4 members (excludes halogenated alkanes) is 2. The van der Waals surface area contributed by atoms with E-state index in [1.165, 1.54) is 33.3 Å². The van der Waals surface area contributed by atoms with Crippen molar-refractivity contribution in [3.05, 3.63) is 0 Å². The van der Waals surface area contributed by atoms with Crippen molar-refractivity contribution >= 4 is 6.29 Å². The highest BCUT2D eigenvalue weighted by Gasteiger charge is 1.97. The number of carbonyl (C=O) groups is 1. The third-order valence-corrected chi connectivity index (χ3v) is 1.33. The van der Waals surface area contributed by atoms with Crippen molar-refractivity contribution in [1.82, 2.24) is 0 Å². The molecule has 3 nitrogen and oxygen atoms in total. The maximum absolute atomic E-state index is 8.86. The van der Waals surface area contributed by atoms with Gasteiger partial charge < -0.3 is 14.6 Å². The second-order valence-electron chi connectivity index (χ2n) is 3.13. The van der Waals surface area contributed by atoms with Crippen LogP contribution in [0.1, 0.15) is 94.9 Å². The fraction of sp³-hybridized carbons (Fsp3) is 0.941. The summed E-state index contributed by atoms with van der Waals surface area (Å²) in [5.74, 6) is 0. The Hall–Kier alpha value is -0.410. The van der Waals surface area contributed by atoms with Gasteiger partial charge in [-0.05, 0) is 19.8 Å². The Bertz CT molecular complexity index is 96.2. The molecule has 0 aliphatic heterocycles. The lowest BCUT2D eigenvalue weighted by atomic mass is 10.2. The number of aliphatic hydroxyl groups excluding tert-OH is 1. The maximum Gasteiger partial charge on any atom is 0.154 e. The topological polar surface area (TPSA) is 46.5 Å². The number of rotatable bonds is 5. The molecule has 1 atom stereocenters. The summed E-state index contributed by atoms with van der Waals surface area (Å²) >= 11 is 0. The number of ether oxygens (including phenoxy) is 1. The van der Waals surface area contributed by atoms with E-state index < -0.39 is 6.29 Å². The second-order valence-corrected chi connectivity index (χ2v) is 3.13. The Balaban J connectivity index is -0.0000000376. The fourth-order valence-corrected chi connectivity index (χ4v) is 0.687. The molecule has 0 aromatic carbocycles. The predicted molar refractivity (Wildman–Crippen MR) is 94.3 cm³/mol. The van der Waals surface area contributed by atoms with Gasteiger partial charge in [-0.3, -0.25) is 0 Å². The van der Waals surface area contributed by atoms with Gasteiger partial charge in [-0.1, -0.05) is 75.2 Å². The summed E-state index contributed by atoms with van der Waals surface area (Å²) in [4.78, 5) is 8.81. The molecule has 0 aliphatic rings. The Morgan fingerprint density at radius 2 is 1.35 bits per heavy atom. The Labute approximate surface area is 130 Å². The van der Waals surface area contributed by atoms with Gasteiger partial charge in [0.15, 0.2) is 6.29 Å². The summed E-state index contributed by atoms with van der Waals surface area (Å²) in [5, 5.41) is 8.86. The summed E-state index contributed by atoms with van der Waals surface area (Å²) in [7, 11) is 1.52. The number of hydrogen-bond acceptors (Lipinski definition) is 3. The second kappa shape index (κ2) is 62.5. The summed E-state index contributed by atoms with van der Waals surface area (Å²) in [6.07, 6.45) is 5.66. The van der Waals surface area contributed by atoms with Crippen LogP contribution in [0.3, 0.4) is 0 Å². The first-order valence-corrected chi connectivity index (χ1v) is 7.74. The Morgan fingerprint density at radius 3 is 1.55 bits per heavy atom. The zero-order valence-corrected chi connectivity index (χ0v) is 15.0. The van der Waals surface area contributed by atoms with Gasteiger partial charge in [-0.2, -0.15) is 0 Å². The lowest BCUT2D eigenvalue weighted by Crippen LogP contribution is -2.07. The van der Waals surface area contributed by atoms with E-state index in [2.05, 4.69) is 25.5 Å². The van der Waals surface area contributed by atoms with Crippen LogP contribution >= 0.6 is 0 Å². The van der Waals surface area contributed by atoms with Gasteiger partial charge >= 0.3 is 0 Å². The highest BCUT2D eigenvalue weighted by Crippen LogP contribution is 2.02. The molecule has 1 N–H and O–H groups in total. The molecule has 130 valence electrons. The number of carbonyl (C=O) groups excluding carboxylic acids is 1. The van der Waals surface area contributed by atoms with Gasteiger partial charge in [0.25, 0.3) is 0 Å². The molecule has 0 aromatic heterocycles. The summed E-state index contributed by atoms with van der Waals surface area (Å²) < 4.78 is 4.65. The molecule has 0 heterocycles. The third-order valence-electron chi connectivity index (χ3n) is 1.33. The molecule has 0 spiro atoms. The number of aldehydes is 1. The molecule has 0 aliphatic carbocycles. The van der Waals surface area contributed by atoms with Crippen LogP contribution in [0.15, 0.2) is 0 Å². The molecule has 3 heteroatoms. The van der Waals surface area contributed by atoms with Gasteiger partial charge in [0, 0.05) is 7.11 Å². The van der Waals surface area contributed by atoms with Crippen LogP contribution in [0.5, 0.6) is 0 Å². The molecule has 1 unspecified atom stereocenters. The van der Waals surface area contributed by atoms with Crippen molar-refractivity contribution < 1.29 is 14.6 Å². The van der Waals surface area contributed by atoms with E-state index >= 15 is 0 Å². The standard InChI is InChI=1S/C7H16O2.C3H8.C2H4O.2C2H6.CH4/c1-3-4-5-6-7(8)9-2;1-3-2;1-2-3;2*1-2;/h7-8H,3-6H2,1-2H3;3H2,1-2H3;2H,1H3;2*1-2H3;1H4. The monoisotopic (exact) mass is 296 g/mol. The van der Waals surface area contributed by atoms with Crippen molar-refractivity contribution in [1.29, 1.82) is 0 Å². The average molecular weight is 297 g/mol. The minimum absolute atomic E-state index is 0. The predicted octanol–water partition coefficient (Wildman–Crippen LogP) is 5.84. The number of methoxy groups -OCH3 is 1. The number of hydrogen-bond donors (Lipinski definition) is 1. The normalized spacial score (nSPS) is 8.30. The SMILES string of the molecule is C.CC.CC.CC=O.CCC.CCCCCC(O)OC. The molecule has 0 amide bonds. The molecule has 0 saturated heterocycles. The first-order valence-electron chi connectivity index (χ1n) is 7.74. The maximum atomic E-state index is 8.86. The van der Waals surface area contributed by atoms with Crippen LogP contribution in [0.25, 0.3) is 0 Å². The zero-order valence-electron chi connectivity index (χ0n) is 15.0. The van der Waals surface area contributed by atoms with Crippen molar-refractivity contribution in [3.8, 4) is 0 Å². The minimum Gasteiger partial charge on any atom is -0.368 e. The van der Waals surface area contributed by atoms with Crippen molar-refractivity contribution in [2.24, 2.45) is 0 Å². The van der Waals surface area contributed by atoms with Crippen molar-refractivity contribution in [2.75, 3.05) is 7.11 Å². The van der Waals surface area contributed by atoms with Crippen LogP contribution in [-0.4, -0.2) is 24.8 Å². The molecular weight excluding hydrogens is 252 g/mol. The molecular formula is C17H44O3. The van der Waals surface area contributed by atoms with Gasteiger partial charge in [-0.15, -0.1) is 0 Å². The van der Waals surface area contributed by atoms with Crippen molar-refractivity contribution in [2.45, 2.75) is 101 Å². The van der Waals surface area contributed by atoms with Crippen LogP contribution in [0, 0.1) is 0 Å². The fourth-order valence-electron chi connectivity index (χ4n) is 0.687. The van der Waals surface area contributed by atoms with Gasteiger partial charge in [0.1, 0.15) is 6.29 Å². The van der Waals surface area contributed by atoms with E-state index in [0.717, 1.165) is 19.1 Å². The van der Waals surface area contributed by atoms with Gasteiger partial charge in [0.2, 0.25) is 0 Å². The quantitative estimate of drug-likeness (QED) is 0.394. The van der Waals surface area contributed by atoms with E-state index in [1.807, 2.05) is 27.7 Å². The van der Waals surface area contributed by atoms with E-state index in [-0.39, 0.29) is 7.43 Å². The lowest BCUT2D eigenvalue weighted by molar-refractivity contribution is -0.106. The van der Waals surface area contributed by atoms with Crippen LogP contribution in [0.2, 0.25) is 0 Å². The molecule has 0 radical (unpaired) electrons. The summed E-state index contributed by atoms with van der Waals surface area (Å²) in [6.45, 7) is 15.8. The largest absolute Gasteiger partial charge is 0.368 e. The summed E-state index contributed by atoms with van der Waals surface area (Å²) in [5.41, 5.74) is 0. The van der Waals surface area contributed by atoms with Crippen LogP contribution < -0.4 is 0 Å². The molecule has 0 bridgehead atoms. The van der Waals surface area contributed by atoms with E-state index in [9.17, 15) is 0 Å². The zero-order chi connectivity index (χ0) is 16.5. The third kappa shape index (κ3) is 111. The van der Waals surface area contributed by atoms with Gasteiger partial charge in [-0.25, -0.2) is 0 Å². The summed E-state index contributed by atoms with van der Waals surface area (Å²) in [6, 6.07) is 0. The lowest BCUT2D eigenvalue weighted by Gasteiger charge is -2.05. The smallest absolute Gasteiger partial charge is 0.154 e. The number of aliphatic hydroxyl groups is 1. The average Bonchev–Trinajstić information content (AvgIpc) is 2.45. The highest BCUT2D eigenvalue weighted by molar-refractivity contribution is 5.44. The first kappa shape index (κ1) is 36.7. The molecule has 0 fully saturated rings. The van der Waals surface area contributed by atoms with Crippen molar-refractivity contribution in [3.63, 3.8) is 0 Å². The van der Waals surface area contributed by atoms with Gasteiger partial charge in [0.05, 0.1) is 0 Å². The molecule has 20 heavy (non-hydrogen) atoms. The highest BCUT2D eigenvalue weighted by atomic mass is 16.6. The van der Waals surface area contributed by atoms with E-state index in [1.54, 1.807) is 0 Å². The minimum atomic E-state index is -0.545. The first-order chi connectivity index (χ1) is 9.14. The molecule has 0 aromatic rings. The van der Waals surface area contributed by atoms with Crippen LogP contribution in [-0.2, 0) is 9.53 Å². The van der Waals surface area contributed by atoms with E-state index in [0.29, 0.717) is 0 Å². The Kier molecular flexibility index (Phi) is 115. The van der Waals surface area contributed by atoms with Crippen LogP contribution in [0.4, 0.5) is 0 Å². The molecule has 0 saturated carbocycles. The molecule has 0 rings (SSSR count). The Morgan fingerprint density at radius 1 is 1.05 bits per heavy atom.